The van der Waals surface area contributed by atoms with Crippen LogP contribution in [-0.2, 0) is 6.54 Å². The maximum Gasteiger partial charge on any atom is 0.160 e. The topological polar surface area (TPSA) is 12.0 Å². The highest BCUT2D eigenvalue weighted by atomic mass is 35.5. The van der Waals surface area contributed by atoms with Crippen molar-refractivity contribution in [2.24, 2.45) is 0 Å². The van der Waals surface area contributed by atoms with Crippen LogP contribution in [0.15, 0.2) is 36.4 Å². The number of hydrogen-bond donors (Lipinski definition) is 1. The second-order valence-corrected chi connectivity index (χ2v) is 5.35. The smallest absolute Gasteiger partial charge is 0.160 e. The summed E-state index contributed by atoms with van der Waals surface area (Å²) < 4.78 is 26.6. The molecule has 0 atom stereocenters. The number of rotatable bonds is 4. The van der Waals surface area contributed by atoms with Crippen LogP contribution in [-0.4, -0.2) is 6.04 Å². The summed E-state index contributed by atoms with van der Waals surface area (Å²) in [5.41, 5.74) is 2.31. The molecule has 4 heteroatoms. The van der Waals surface area contributed by atoms with Crippen LogP contribution in [0.2, 0.25) is 5.02 Å². The molecule has 0 bridgehead atoms. The molecule has 0 aliphatic rings. The highest BCUT2D eigenvalue weighted by Gasteiger charge is 2.13. The molecule has 2 aromatic carbocycles. The summed E-state index contributed by atoms with van der Waals surface area (Å²) in [6.07, 6.45) is 0. The van der Waals surface area contributed by atoms with Gasteiger partial charge >= 0.3 is 0 Å². The van der Waals surface area contributed by atoms with E-state index in [1.165, 1.54) is 0 Å². The third kappa shape index (κ3) is 3.35. The van der Waals surface area contributed by atoms with E-state index in [-0.39, 0.29) is 5.02 Å². The molecule has 0 aliphatic carbocycles. The molecule has 0 aromatic heterocycles. The van der Waals surface area contributed by atoms with E-state index in [0.29, 0.717) is 18.2 Å². The summed E-state index contributed by atoms with van der Waals surface area (Å²) >= 11 is 6.04. The molecule has 20 heavy (non-hydrogen) atoms. The van der Waals surface area contributed by atoms with E-state index in [1.807, 2.05) is 38.1 Å². The van der Waals surface area contributed by atoms with Gasteiger partial charge in [-0.05, 0) is 23.3 Å². The lowest BCUT2D eigenvalue weighted by atomic mass is 9.99. The van der Waals surface area contributed by atoms with Gasteiger partial charge < -0.3 is 5.32 Å². The summed E-state index contributed by atoms with van der Waals surface area (Å²) in [5, 5.41) is 3.52. The quantitative estimate of drug-likeness (QED) is 0.800. The minimum absolute atomic E-state index is 0.209. The molecule has 2 aromatic rings. The second kappa shape index (κ2) is 6.33. The van der Waals surface area contributed by atoms with Gasteiger partial charge in [0.1, 0.15) is 0 Å². The SMILES string of the molecule is CC(C)NCc1ccccc1-c1cc(F)c(F)cc1Cl. The minimum Gasteiger partial charge on any atom is -0.310 e. The van der Waals surface area contributed by atoms with E-state index in [0.717, 1.165) is 23.3 Å². The highest BCUT2D eigenvalue weighted by Crippen LogP contribution is 2.32. The van der Waals surface area contributed by atoms with Crippen molar-refractivity contribution in [2.75, 3.05) is 0 Å². The Bertz CT molecular complexity index is 611. The Hall–Kier alpha value is -1.45. The van der Waals surface area contributed by atoms with Gasteiger partial charge in [-0.3, -0.25) is 0 Å². The van der Waals surface area contributed by atoms with Crippen LogP contribution in [0.25, 0.3) is 11.1 Å². The second-order valence-electron chi connectivity index (χ2n) is 4.94. The molecule has 0 aliphatic heterocycles. The molecule has 0 saturated heterocycles. The molecule has 106 valence electrons. The Morgan fingerprint density at radius 1 is 1.05 bits per heavy atom. The van der Waals surface area contributed by atoms with Crippen molar-refractivity contribution in [2.45, 2.75) is 26.4 Å². The zero-order valence-electron chi connectivity index (χ0n) is 11.4. The van der Waals surface area contributed by atoms with E-state index in [9.17, 15) is 8.78 Å². The van der Waals surface area contributed by atoms with Crippen LogP contribution in [0, 0.1) is 11.6 Å². The fourth-order valence-corrected chi connectivity index (χ4v) is 2.23. The Morgan fingerprint density at radius 2 is 1.70 bits per heavy atom. The molecule has 0 fully saturated rings. The lowest BCUT2D eigenvalue weighted by molar-refractivity contribution is 0.509. The van der Waals surface area contributed by atoms with Gasteiger partial charge in [0.2, 0.25) is 0 Å². The average molecular weight is 296 g/mol. The van der Waals surface area contributed by atoms with E-state index < -0.39 is 11.6 Å². The number of halogens is 3. The number of nitrogens with one attached hydrogen (secondary N) is 1. The van der Waals surface area contributed by atoms with Crippen molar-refractivity contribution in [1.82, 2.24) is 5.32 Å². The Labute approximate surface area is 122 Å². The third-order valence-corrected chi connectivity index (χ3v) is 3.33. The van der Waals surface area contributed by atoms with Crippen molar-refractivity contribution >= 4 is 11.6 Å². The van der Waals surface area contributed by atoms with Crippen molar-refractivity contribution < 1.29 is 8.78 Å². The van der Waals surface area contributed by atoms with Crippen LogP contribution in [0.1, 0.15) is 19.4 Å². The molecule has 0 spiro atoms. The Kier molecular flexibility index (Phi) is 4.73. The molecule has 1 N–H and O–H groups in total. The number of hydrogen-bond acceptors (Lipinski definition) is 1. The molecule has 2 rings (SSSR count). The molecular formula is C16H16ClF2N. The van der Waals surface area contributed by atoms with E-state index in [1.54, 1.807) is 0 Å². The standard InChI is InChI=1S/C16H16ClF2N/c1-10(2)20-9-11-5-3-4-6-12(11)13-7-15(18)16(19)8-14(13)17/h3-8,10,20H,9H2,1-2H3. The van der Waals surface area contributed by atoms with Gasteiger partial charge in [-0.25, -0.2) is 8.78 Å². The molecule has 1 nitrogen and oxygen atoms in total. The first-order valence-electron chi connectivity index (χ1n) is 6.45. The monoisotopic (exact) mass is 295 g/mol. The van der Waals surface area contributed by atoms with Gasteiger partial charge in [-0.15, -0.1) is 0 Å². The average Bonchev–Trinajstić information content (AvgIpc) is 2.41. The van der Waals surface area contributed by atoms with Crippen LogP contribution < -0.4 is 5.32 Å². The molecule has 0 unspecified atom stereocenters. The van der Waals surface area contributed by atoms with Gasteiger partial charge in [0.15, 0.2) is 11.6 Å². The van der Waals surface area contributed by atoms with E-state index in [2.05, 4.69) is 5.32 Å². The van der Waals surface area contributed by atoms with Crippen LogP contribution in [0.3, 0.4) is 0 Å². The van der Waals surface area contributed by atoms with Crippen molar-refractivity contribution in [3.8, 4) is 11.1 Å². The summed E-state index contributed by atoms with van der Waals surface area (Å²) in [4.78, 5) is 0. The maximum absolute atomic E-state index is 13.4. The van der Waals surface area contributed by atoms with E-state index in [4.69, 9.17) is 11.6 Å². The third-order valence-electron chi connectivity index (χ3n) is 3.02. The fourth-order valence-electron chi connectivity index (χ4n) is 1.98. The molecule has 0 radical (unpaired) electrons. The van der Waals surface area contributed by atoms with Gasteiger partial charge in [0.25, 0.3) is 0 Å². The van der Waals surface area contributed by atoms with Crippen molar-refractivity contribution in [1.29, 1.82) is 0 Å². The van der Waals surface area contributed by atoms with Gasteiger partial charge in [-0.1, -0.05) is 49.7 Å². The first-order chi connectivity index (χ1) is 9.49. The molecule has 0 amide bonds. The summed E-state index contributed by atoms with van der Waals surface area (Å²) in [5.74, 6) is -1.83. The first-order valence-corrected chi connectivity index (χ1v) is 6.83. The molecule has 0 heterocycles. The zero-order valence-corrected chi connectivity index (χ0v) is 12.1. The Balaban J connectivity index is 2.45. The normalized spacial score (nSPS) is 11.1. The van der Waals surface area contributed by atoms with Gasteiger partial charge in [0.05, 0.1) is 5.02 Å². The van der Waals surface area contributed by atoms with Crippen molar-refractivity contribution in [3.05, 3.63) is 58.6 Å². The lowest BCUT2D eigenvalue weighted by Crippen LogP contribution is -2.22. The fraction of sp³-hybridized carbons (Fsp3) is 0.250. The summed E-state index contributed by atoms with van der Waals surface area (Å²) in [6, 6.07) is 10.1. The van der Waals surface area contributed by atoms with Gasteiger partial charge in [-0.2, -0.15) is 0 Å². The summed E-state index contributed by atoms with van der Waals surface area (Å²) in [6.45, 7) is 4.74. The maximum atomic E-state index is 13.4. The lowest BCUT2D eigenvalue weighted by Gasteiger charge is -2.14. The van der Waals surface area contributed by atoms with Gasteiger partial charge in [0, 0.05) is 18.2 Å². The zero-order chi connectivity index (χ0) is 14.7. The molecule has 0 saturated carbocycles. The number of benzene rings is 2. The minimum atomic E-state index is -0.934. The summed E-state index contributed by atoms with van der Waals surface area (Å²) in [7, 11) is 0. The predicted octanol–water partition coefficient (Wildman–Crippen LogP) is 4.78. The predicted molar refractivity (Wildman–Crippen MR) is 78.8 cm³/mol. The Morgan fingerprint density at radius 3 is 2.40 bits per heavy atom. The van der Waals surface area contributed by atoms with E-state index >= 15 is 0 Å². The van der Waals surface area contributed by atoms with Crippen LogP contribution in [0.5, 0.6) is 0 Å². The van der Waals surface area contributed by atoms with Crippen LogP contribution >= 0.6 is 11.6 Å². The largest absolute Gasteiger partial charge is 0.310 e. The first kappa shape index (κ1) is 14.9. The molecular weight excluding hydrogens is 280 g/mol. The van der Waals surface area contributed by atoms with Crippen LogP contribution in [0.4, 0.5) is 8.78 Å². The highest BCUT2D eigenvalue weighted by molar-refractivity contribution is 6.33. The van der Waals surface area contributed by atoms with Crippen molar-refractivity contribution in [3.63, 3.8) is 0 Å².